The van der Waals surface area contributed by atoms with E-state index in [9.17, 15) is 14.7 Å². The molecule has 0 spiro atoms. The maximum absolute atomic E-state index is 13.3. The number of aliphatic hydroxyl groups excluding tert-OH is 1. The molecule has 2 atom stereocenters. The first kappa shape index (κ1) is 22.8. The van der Waals surface area contributed by atoms with Gasteiger partial charge in [0.2, 0.25) is 0 Å². The highest BCUT2D eigenvalue weighted by atomic mass is 16.5. The topological polar surface area (TPSA) is 79.7 Å². The van der Waals surface area contributed by atoms with Crippen molar-refractivity contribution in [2.75, 3.05) is 4.90 Å². The lowest BCUT2D eigenvalue weighted by Gasteiger charge is -2.24. The third-order valence-electron chi connectivity index (χ3n) is 6.62. The van der Waals surface area contributed by atoms with Gasteiger partial charge in [-0.1, -0.05) is 31.5 Å². The van der Waals surface area contributed by atoms with Crippen molar-refractivity contribution < 1.29 is 19.4 Å². The Kier molecular flexibility index (Phi) is 6.12. The molecule has 1 aromatic heterocycles. The summed E-state index contributed by atoms with van der Waals surface area (Å²) in [6, 6.07) is 17.6. The number of ether oxygens (including phenoxy) is 1. The lowest BCUT2D eigenvalue weighted by atomic mass is 9.96. The van der Waals surface area contributed by atoms with Gasteiger partial charge in [0, 0.05) is 23.9 Å². The number of amides is 1. The van der Waals surface area contributed by atoms with E-state index in [-0.39, 0.29) is 17.4 Å². The Morgan fingerprint density at radius 1 is 1.11 bits per heavy atom. The molecule has 1 N–H and O–H groups in total. The van der Waals surface area contributed by atoms with Crippen LogP contribution in [0.25, 0.3) is 5.76 Å². The van der Waals surface area contributed by atoms with Crippen molar-refractivity contribution in [3.8, 4) is 5.75 Å². The number of nitrogens with zero attached hydrogens (tertiary/aromatic N) is 2. The van der Waals surface area contributed by atoms with Crippen LogP contribution in [0, 0.1) is 0 Å². The van der Waals surface area contributed by atoms with Gasteiger partial charge in [-0.15, -0.1) is 0 Å². The van der Waals surface area contributed by atoms with Crippen molar-refractivity contribution in [3.63, 3.8) is 0 Å². The first-order valence-corrected chi connectivity index (χ1v) is 12.1. The summed E-state index contributed by atoms with van der Waals surface area (Å²) in [5, 5.41) is 11.4. The number of anilines is 1. The Bertz CT molecular complexity index is 1300. The van der Waals surface area contributed by atoms with Crippen molar-refractivity contribution in [2.45, 2.75) is 51.7 Å². The number of aromatic nitrogens is 1. The zero-order valence-corrected chi connectivity index (χ0v) is 19.9. The number of Topliss-reactive ketones (excluding diaryl/α,β-unsaturated/α-hetero) is 1. The summed E-state index contributed by atoms with van der Waals surface area (Å²) >= 11 is 0. The van der Waals surface area contributed by atoms with E-state index in [0.29, 0.717) is 16.9 Å². The fraction of sp³-hybridized carbons (Fsp3) is 0.276. The van der Waals surface area contributed by atoms with E-state index in [4.69, 9.17) is 4.74 Å². The molecule has 5 rings (SSSR count). The predicted molar refractivity (Wildman–Crippen MR) is 134 cm³/mol. The summed E-state index contributed by atoms with van der Waals surface area (Å²) in [4.78, 5) is 32.5. The van der Waals surface area contributed by atoms with Crippen LogP contribution in [0.3, 0.4) is 0 Å². The lowest BCUT2D eigenvalue weighted by molar-refractivity contribution is -0.132. The number of unbranched alkanes of at least 4 members (excludes halogenated alkanes) is 1. The van der Waals surface area contributed by atoms with Crippen molar-refractivity contribution in [1.29, 1.82) is 0 Å². The number of aryl methyl sites for hydroxylation is 1. The number of hydrogen-bond donors (Lipinski definition) is 1. The summed E-state index contributed by atoms with van der Waals surface area (Å²) in [5.74, 6) is -0.831. The molecule has 0 radical (unpaired) electrons. The predicted octanol–water partition coefficient (Wildman–Crippen LogP) is 5.37. The fourth-order valence-electron chi connectivity index (χ4n) is 4.85. The molecule has 3 heterocycles. The quantitative estimate of drug-likeness (QED) is 0.299. The zero-order chi connectivity index (χ0) is 24.5. The molecule has 2 aliphatic heterocycles. The number of carbonyl (C=O) groups is 2. The maximum Gasteiger partial charge on any atom is 0.300 e. The van der Waals surface area contributed by atoms with Gasteiger partial charge in [-0.2, -0.15) is 0 Å². The second-order valence-electron chi connectivity index (χ2n) is 9.15. The van der Waals surface area contributed by atoms with Crippen LogP contribution in [0.1, 0.15) is 55.1 Å². The zero-order valence-electron chi connectivity index (χ0n) is 19.9. The summed E-state index contributed by atoms with van der Waals surface area (Å²) in [7, 11) is 0. The van der Waals surface area contributed by atoms with Gasteiger partial charge in [-0.25, -0.2) is 0 Å². The summed E-state index contributed by atoms with van der Waals surface area (Å²) in [6.07, 6.45) is 5.55. The second-order valence-corrected chi connectivity index (χ2v) is 9.15. The largest absolute Gasteiger partial charge is 0.507 e. The van der Waals surface area contributed by atoms with E-state index in [1.807, 2.05) is 43.3 Å². The standard InChI is InChI=1S/C29H28N2O4/c1-3-4-7-19-9-12-22(13-10-19)31-26(23-8-5-6-15-30-23)25(28(33)29(31)34)27(32)20-11-14-24-21(17-20)16-18(2)35-24/h5-6,8-15,17-18,26,32H,3-4,7,16H2,1-2H3/b27-25-. The molecule has 35 heavy (non-hydrogen) atoms. The van der Waals surface area contributed by atoms with Crippen LogP contribution < -0.4 is 9.64 Å². The molecule has 3 aromatic rings. The van der Waals surface area contributed by atoms with E-state index in [2.05, 4.69) is 11.9 Å². The smallest absolute Gasteiger partial charge is 0.300 e. The van der Waals surface area contributed by atoms with Crippen molar-refractivity contribution >= 4 is 23.1 Å². The molecule has 0 saturated carbocycles. The van der Waals surface area contributed by atoms with Gasteiger partial charge in [-0.3, -0.25) is 19.5 Å². The lowest BCUT2D eigenvalue weighted by Crippen LogP contribution is -2.29. The molecule has 178 valence electrons. The number of aliphatic hydroxyl groups is 1. The Balaban J connectivity index is 1.60. The minimum atomic E-state index is -0.832. The van der Waals surface area contributed by atoms with E-state index < -0.39 is 17.7 Å². The molecule has 1 fully saturated rings. The van der Waals surface area contributed by atoms with Gasteiger partial charge >= 0.3 is 0 Å². The monoisotopic (exact) mass is 468 g/mol. The van der Waals surface area contributed by atoms with Crippen molar-refractivity contribution in [1.82, 2.24) is 4.98 Å². The van der Waals surface area contributed by atoms with Crippen LogP contribution >= 0.6 is 0 Å². The minimum Gasteiger partial charge on any atom is -0.507 e. The van der Waals surface area contributed by atoms with E-state index >= 15 is 0 Å². The number of carbonyl (C=O) groups excluding carboxylic acids is 2. The average molecular weight is 469 g/mol. The molecule has 0 aliphatic carbocycles. The van der Waals surface area contributed by atoms with E-state index in [1.165, 1.54) is 10.5 Å². The summed E-state index contributed by atoms with van der Waals surface area (Å²) < 4.78 is 5.77. The molecule has 6 heteroatoms. The summed E-state index contributed by atoms with van der Waals surface area (Å²) in [5.41, 5.74) is 3.77. The molecular formula is C29H28N2O4. The molecule has 1 saturated heterocycles. The number of rotatable bonds is 6. The Morgan fingerprint density at radius 2 is 1.91 bits per heavy atom. The number of ketones is 1. The van der Waals surface area contributed by atoms with Gasteiger partial charge in [-0.05, 0) is 73.4 Å². The minimum absolute atomic E-state index is 0.0377. The van der Waals surface area contributed by atoms with Gasteiger partial charge in [0.1, 0.15) is 23.7 Å². The Morgan fingerprint density at radius 3 is 2.63 bits per heavy atom. The fourth-order valence-corrected chi connectivity index (χ4v) is 4.85. The number of pyridine rings is 1. The van der Waals surface area contributed by atoms with Crippen molar-refractivity contribution in [3.05, 3.63) is 94.8 Å². The molecule has 6 nitrogen and oxygen atoms in total. The molecular weight excluding hydrogens is 440 g/mol. The first-order valence-electron chi connectivity index (χ1n) is 12.1. The first-order chi connectivity index (χ1) is 17.0. The van der Waals surface area contributed by atoms with Crippen LogP contribution in [0.2, 0.25) is 0 Å². The van der Waals surface area contributed by atoms with Crippen LogP contribution in [-0.4, -0.2) is 27.9 Å². The van der Waals surface area contributed by atoms with Gasteiger partial charge in [0.25, 0.3) is 11.7 Å². The molecule has 2 unspecified atom stereocenters. The van der Waals surface area contributed by atoms with Gasteiger partial charge < -0.3 is 9.84 Å². The van der Waals surface area contributed by atoms with Crippen LogP contribution in [0.5, 0.6) is 5.75 Å². The van der Waals surface area contributed by atoms with E-state index in [1.54, 1.807) is 30.5 Å². The van der Waals surface area contributed by atoms with Crippen molar-refractivity contribution in [2.24, 2.45) is 0 Å². The normalized spacial score (nSPS) is 20.7. The highest BCUT2D eigenvalue weighted by molar-refractivity contribution is 6.51. The Labute approximate surface area is 204 Å². The molecule has 1 amide bonds. The highest BCUT2D eigenvalue weighted by Crippen LogP contribution is 2.42. The molecule has 2 aliphatic rings. The van der Waals surface area contributed by atoms with Gasteiger partial charge in [0.05, 0.1) is 11.3 Å². The van der Waals surface area contributed by atoms with Gasteiger partial charge in [0.15, 0.2) is 0 Å². The number of hydrogen-bond acceptors (Lipinski definition) is 5. The van der Waals surface area contributed by atoms with E-state index in [0.717, 1.165) is 37.0 Å². The van der Waals surface area contributed by atoms with Crippen LogP contribution in [0.4, 0.5) is 5.69 Å². The summed E-state index contributed by atoms with van der Waals surface area (Å²) in [6.45, 7) is 4.13. The molecule has 2 aromatic carbocycles. The third-order valence-corrected chi connectivity index (χ3v) is 6.62. The third kappa shape index (κ3) is 4.20. The number of fused-ring (bicyclic) bond motifs is 1. The molecule has 0 bridgehead atoms. The Hall–Kier alpha value is -3.93. The second kappa shape index (κ2) is 9.37. The van der Waals surface area contributed by atoms with Crippen LogP contribution in [-0.2, 0) is 22.4 Å². The highest BCUT2D eigenvalue weighted by Gasteiger charge is 2.47. The number of benzene rings is 2. The SMILES string of the molecule is CCCCc1ccc(N2C(=O)C(=O)/C(=C(\O)c3ccc4c(c3)CC(C)O4)C2c2ccccn2)cc1. The van der Waals surface area contributed by atoms with Crippen LogP contribution in [0.15, 0.2) is 72.4 Å². The average Bonchev–Trinajstić information content (AvgIpc) is 3.38. The maximum atomic E-state index is 13.3.